The van der Waals surface area contributed by atoms with Crippen LogP contribution < -0.4 is 5.32 Å². The highest BCUT2D eigenvalue weighted by atomic mass is 16.6. The minimum absolute atomic E-state index is 0.195. The lowest BCUT2D eigenvalue weighted by Crippen LogP contribution is -2.19. The molecule has 25 heavy (non-hydrogen) atoms. The maximum absolute atomic E-state index is 11.9. The second kappa shape index (κ2) is 6.44. The molecule has 3 aromatic carbocycles. The summed E-state index contributed by atoms with van der Waals surface area (Å²) in [4.78, 5) is 11.9. The maximum Gasteiger partial charge on any atom is 0.408 e. The number of benzene rings is 3. The van der Waals surface area contributed by atoms with E-state index in [1.165, 1.54) is 5.56 Å². The van der Waals surface area contributed by atoms with E-state index >= 15 is 0 Å². The molecule has 0 aliphatic carbocycles. The normalized spacial score (nSPS) is 19.3. The molecule has 1 N–H and O–H groups in total. The number of ether oxygens (including phenoxy) is 1. The summed E-state index contributed by atoms with van der Waals surface area (Å²) in [5.41, 5.74) is 5.50. The van der Waals surface area contributed by atoms with Crippen LogP contribution >= 0.6 is 0 Å². The number of hydrogen-bond donors (Lipinski definition) is 1. The van der Waals surface area contributed by atoms with E-state index in [1.807, 2.05) is 61.5 Å². The molecule has 1 aliphatic rings. The highest BCUT2D eigenvalue weighted by Crippen LogP contribution is 2.37. The summed E-state index contributed by atoms with van der Waals surface area (Å²) >= 11 is 0. The van der Waals surface area contributed by atoms with E-state index in [9.17, 15) is 4.79 Å². The van der Waals surface area contributed by atoms with Crippen molar-refractivity contribution in [2.75, 3.05) is 0 Å². The summed E-state index contributed by atoms with van der Waals surface area (Å²) in [6, 6.07) is 26.4. The van der Waals surface area contributed by atoms with Crippen LogP contribution in [0.15, 0.2) is 78.9 Å². The first-order chi connectivity index (χ1) is 12.2. The molecule has 0 bridgehead atoms. The number of amides is 1. The lowest BCUT2D eigenvalue weighted by Gasteiger charge is -2.18. The van der Waals surface area contributed by atoms with Crippen molar-refractivity contribution in [2.24, 2.45) is 0 Å². The van der Waals surface area contributed by atoms with Gasteiger partial charge in [-0.15, -0.1) is 0 Å². The molecule has 4 rings (SSSR count). The van der Waals surface area contributed by atoms with Gasteiger partial charge in [-0.2, -0.15) is 0 Å². The predicted molar refractivity (Wildman–Crippen MR) is 98.2 cm³/mol. The lowest BCUT2D eigenvalue weighted by molar-refractivity contribution is 0.132. The Morgan fingerprint density at radius 2 is 1.52 bits per heavy atom. The highest BCUT2D eigenvalue weighted by molar-refractivity contribution is 5.72. The third-order valence-electron chi connectivity index (χ3n) is 4.57. The van der Waals surface area contributed by atoms with E-state index in [2.05, 4.69) is 29.6 Å². The number of alkyl carbamates (subject to hydrolysis) is 1. The van der Waals surface area contributed by atoms with Gasteiger partial charge in [0.1, 0.15) is 0 Å². The molecular formula is C22H19NO2. The first-order valence-corrected chi connectivity index (χ1v) is 8.40. The first-order valence-electron chi connectivity index (χ1n) is 8.40. The smallest absolute Gasteiger partial charge is 0.408 e. The molecule has 0 spiro atoms. The van der Waals surface area contributed by atoms with Gasteiger partial charge in [-0.3, -0.25) is 0 Å². The largest absolute Gasteiger partial charge is 0.439 e. The van der Waals surface area contributed by atoms with Crippen LogP contribution in [0.25, 0.3) is 11.1 Å². The van der Waals surface area contributed by atoms with Gasteiger partial charge in [-0.25, -0.2) is 4.79 Å². The van der Waals surface area contributed by atoms with Crippen LogP contribution in [0.5, 0.6) is 0 Å². The molecule has 1 fully saturated rings. The van der Waals surface area contributed by atoms with Crippen LogP contribution in [0.2, 0.25) is 0 Å². The zero-order valence-corrected chi connectivity index (χ0v) is 14.0. The molecule has 1 amide bonds. The minimum Gasteiger partial charge on any atom is -0.439 e. The van der Waals surface area contributed by atoms with E-state index in [4.69, 9.17) is 4.74 Å². The molecule has 124 valence electrons. The Morgan fingerprint density at radius 1 is 0.800 bits per heavy atom. The zero-order chi connectivity index (χ0) is 17.2. The number of hydrogen-bond acceptors (Lipinski definition) is 2. The fraction of sp³-hybridized carbons (Fsp3) is 0.136. The number of nitrogens with one attached hydrogen (secondary N) is 1. The van der Waals surface area contributed by atoms with Crippen LogP contribution in [-0.4, -0.2) is 6.09 Å². The van der Waals surface area contributed by atoms with Crippen molar-refractivity contribution < 1.29 is 9.53 Å². The van der Waals surface area contributed by atoms with Gasteiger partial charge in [0.05, 0.1) is 6.04 Å². The van der Waals surface area contributed by atoms with Gasteiger partial charge in [0.2, 0.25) is 0 Å². The van der Waals surface area contributed by atoms with Crippen molar-refractivity contribution in [3.05, 3.63) is 95.6 Å². The van der Waals surface area contributed by atoms with E-state index in [0.717, 1.165) is 22.3 Å². The van der Waals surface area contributed by atoms with Crippen LogP contribution in [0.4, 0.5) is 4.79 Å². The van der Waals surface area contributed by atoms with Crippen LogP contribution in [0, 0.1) is 6.92 Å². The molecule has 0 aromatic heterocycles. The summed E-state index contributed by atoms with van der Waals surface area (Å²) in [6.45, 7) is 2.05. The van der Waals surface area contributed by atoms with Crippen molar-refractivity contribution in [3.63, 3.8) is 0 Å². The van der Waals surface area contributed by atoms with Gasteiger partial charge in [0.15, 0.2) is 6.10 Å². The molecule has 3 nitrogen and oxygen atoms in total. The molecule has 1 aliphatic heterocycles. The molecule has 1 heterocycles. The second-order valence-corrected chi connectivity index (χ2v) is 6.35. The quantitative estimate of drug-likeness (QED) is 0.718. The molecular weight excluding hydrogens is 310 g/mol. The summed E-state index contributed by atoms with van der Waals surface area (Å²) in [5, 5.41) is 2.95. The third-order valence-corrected chi connectivity index (χ3v) is 4.57. The maximum atomic E-state index is 11.9. The summed E-state index contributed by atoms with van der Waals surface area (Å²) in [7, 11) is 0. The Bertz CT molecular complexity index is 887. The Hall–Kier alpha value is -3.07. The van der Waals surface area contributed by atoms with Crippen LogP contribution in [0.1, 0.15) is 28.8 Å². The number of aryl methyl sites for hydroxylation is 1. The van der Waals surface area contributed by atoms with Crippen LogP contribution in [-0.2, 0) is 4.74 Å². The van der Waals surface area contributed by atoms with Gasteiger partial charge in [-0.1, -0.05) is 78.4 Å². The Morgan fingerprint density at radius 3 is 2.28 bits per heavy atom. The fourth-order valence-corrected chi connectivity index (χ4v) is 3.24. The molecule has 1 unspecified atom stereocenters. The Balaban J connectivity index is 1.70. The number of rotatable bonds is 3. The van der Waals surface area contributed by atoms with Crippen molar-refractivity contribution in [1.82, 2.24) is 5.32 Å². The SMILES string of the molecule is Cc1ccc(C2OC(=O)N[C@@H]2c2cccc(-c3ccccc3)c2)cc1. The Kier molecular flexibility index (Phi) is 3.98. The molecule has 3 aromatic rings. The molecule has 3 heteroatoms. The minimum atomic E-state index is -0.374. The Labute approximate surface area is 147 Å². The first kappa shape index (κ1) is 15.5. The molecule has 2 atom stereocenters. The molecule has 0 saturated carbocycles. The summed E-state index contributed by atoms with van der Waals surface area (Å²) < 4.78 is 5.55. The van der Waals surface area contributed by atoms with E-state index in [0.29, 0.717) is 0 Å². The monoisotopic (exact) mass is 329 g/mol. The van der Waals surface area contributed by atoms with E-state index in [-0.39, 0.29) is 18.2 Å². The highest BCUT2D eigenvalue weighted by Gasteiger charge is 2.36. The van der Waals surface area contributed by atoms with Gasteiger partial charge < -0.3 is 10.1 Å². The van der Waals surface area contributed by atoms with Gasteiger partial charge in [0, 0.05) is 0 Å². The van der Waals surface area contributed by atoms with Gasteiger partial charge in [0.25, 0.3) is 0 Å². The topological polar surface area (TPSA) is 38.3 Å². The number of carbonyl (C=O) groups is 1. The summed E-state index contributed by atoms with van der Waals surface area (Å²) in [6.07, 6.45) is -0.695. The summed E-state index contributed by atoms with van der Waals surface area (Å²) in [5.74, 6) is 0. The third kappa shape index (κ3) is 3.13. The van der Waals surface area contributed by atoms with E-state index in [1.54, 1.807) is 0 Å². The van der Waals surface area contributed by atoms with Crippen molar-refractivity contribution in [3.8, 4) is 11.1 Å². The standard InChI is InChI=1S/C22H19NO2/c1-15-10-12-17(13-11-15)21-20(23-22(24)25-21)19-9-5-8-18(14-19)16-6-3-2-4-7-16/h2-14,20-21H,1H3,(H,23,24)/t20-,21?/m1/s1. The van der Waals surface area contributed by atoms with E-state index < -0.39 is 0 Å². The number of cyclic esters (lactones) is 1. The molecule has 0 radical (unpaired) electrons. The predicted octanol–water partition coefficient (Wildman–Crippen LogP) is 5.18. The number of carbonyl (C=O) groups excluding carboxylic acids is 1. The second-order valence-electron chi connectivity index (χ2n) is 6.35. The van der Waals surface area contributed by atoms with Crippen molar-refractivity contribution >= 4 is 6.09 Å². The van der Waals surface area contributed by atoms with Gasteiger partial charge in [-0.05, 0) is 35.2 Å². The average molecular weight is 329 g/mol. The molecule has 1 saturated heterocycles. The van der Waals surface area contributed by atoms with Crippen LogP contribution in [0.3, 0.4) is 0 Å². The average Bonchev–Trinajstić information content (AvgIpc) is 3.05. The zero-order valence-electron chi connectivity index (χ0n) is 14.0. The van der Waals surface area contributed by atoms with Crippen molar-refractivity contribution in [2.45, 2.75) is 19.1 Å². The van der Waals surface area contributed by atoms with Crippen molar-refractivity contribution in [1.29, 1.82) is 0 Å². The lowest BCUT2D eigenvalue weighted by atomic mass is 9.93. The van der Waals surface area contributed by atoms with Gasteiger partial charge >= 0.3 is 6.09 Å². The fourth-order valence-electron chi connectivity index (χ4n) is 3.24.